The highest BCUT2D eigenvalue weighted by Crippen LogP contribution is 2.54. The molecule has 2 aliphatic heterocycles. The van der Waals surface area contributed by atoms with E-state index in [0.29, 0.717) is 0 Å². The van der Waals surface area contributed by atoms with Crippen LogP contribution in [-0.2, 0) is 0 Å². The van der Waals surface area contributed by atoms with E-state index in [2.05, 4.69) is 210 Å². The molecule has 0 N–H and O–H groups in total. The molecule has 3 heterocycles. The van der Waals surface area contributed by atoms with Crippen molar-refractivity contribution in [1.29, 1.82) is 0 Å². The van der Waals surface area contributed by atoms with E-state index < -0.39 is 0 Å². The van der Waals surface area contributed by atoms with Crippen molar-refractivity contribution in [2.45, 2.75) is 11.8 Å². The van der Waals surface area contributed by atoms with Crippen molar-refractivity contribution in [2.24, 2.45) is 0 Å². The summed E-state index contributed by atoms with van der Waals surface area (Å²) in [5, 5.41) is 2.63. The van der Waals surface area contributed by atoms with Gasteiger partial charge in [-0.3, -0.25) is 0 Å². The van der Waals surface area contributed by atoms with Gasteiger partial charge in [0.05, 0.1) is 0 Å². The quantitative estimate of drug-likeness (QED) is 0.164. The lowest BCUT2D eigenvalue weighted by atomic mass is 9.43. The Balaban J connectivity index is 1.11. The molecule has 0 amide bonds. The van der Waals surface area contributed by atoms with Crippen molar-refractivity contribution < 1.29 is 0 Å². The highest BCUT2D eigenvalue weighted by molar-refractivity contribution is 6.90. The molecule has 0 radical (unpaired) electrons. The average Bonchev–Trinajstić information content (AvgIpc) is 3.94. The highest BCUT2D eigenvalue weighted by Gasteiger charge is 2.47. The maximum atomic E-state index is 2.71. The van der Waals surface area contributed by atoms with Gasteiger partial charge < -0.3 is 9.38 Å². The molecule has 0 saturated carbocycles. The van der Waals surface area contributed by atoms with Gasteiger partial charge >= 0.3 is 6.85 Å². The Morgan fingerprint density at radius 1 is 0.373 bits per heavy atom. The highest BCUT2D eigenvalue weighted by atomic mass is 15.2. The first-order chi connectivity index (χ1) is 29.3. The molecule has 4 aliphatic rings. The second-order valence-corrected chi connectivity index (χ2v) is 16.7. The molecule has 3 heteroatoms. The fourth-order valence-electron chi connectivity index (χ4n) is 11.8. The van der Waals surface area contributed by atoms with E-state index in [1.807, 2.05) is 0 Å². The third kappa shape index (κ3) is 4.07. The van der Waals surface area contributed by atoms with Crippen LogP contribution in [0.1, 0.15) is 45.2 Å². The van der Waals surface area contributed by atoms with Gasteiger partial charge in [0, 0.05) is 56.3 Å². The van der Waals surface area contributed by atoms with Crippen LogP contribution in [0.4, 0.5) is 17.1 Å². The van der Waals surface area contributed by atoms with Gasteiger partial charge in [0.2, 0.25) is 0 Å². The standard InChI is InChI=1S/C56H35BN2/c1-3-15-34(16-4-1)51-41-22-9-7-19-37(41)39-30-29-36(33-47(39)51)58-49-28-14-24-44-46-26-13-25-45-40-21-11-12-27-48(40)59(56(45)46)57(54(44)49)55-50(58)32-31-43-38-20-8-10-23-42(38)52(53(43)55)35-17-5-2-6-18-35/h1-33,51-52H. The van der Waals surface area contributed by atoms with Crippen molar-refractivity contribution in [2.75, 3.05) is 4.90 Å². The first kappa shape index (κ1) is 31.7. The van der Waals surface area contributed by atoms with Crippen LogP contribution >= 0.6 is 0 Å². The maximum Gasteiger partial charge on any atom is 0.333 e. The van der Waals surface area contributed by atoms with Crippen molar-refractivity contribution >= 4 is 56.6 Å². The largest absolute Gasteiger partial charge is 0.375 e. The number of hydrogen-bond acceptors (Lipinski definition) is 1. The normalized spacial score (nSPS) is 16.1. The monoisotopic (exact) mass is 746 g/mol. The third-order valence-corrected chi connectivity index (χ3v) is 13.9. The van der Waals surface area contributed by atoms with E-state index in [9.17, 15) is 0 Å². The van der Waals surface area contributed by atoms with Crippen molar-refractivity contribution in [3.05, 3.63) is 234 Å². The predicted octanol–water partition coefficient (Wildman–Crippen LogP) is 12.5. The summed E-state index contributed by atoms with van der Waals surface area (Å²) in [6, 6.07) is 75.6. The molecule has 0 saturated heterocycles. The fourth-order valence-corrected chi connectivity index (χ4v) is 11.8. The first-order valence-corrected chi connectivity index (χ1v) is 20.9. The molecule has 2 aliphatic carbocycles. The van der Waals surface area contributed by atoms with Crippen LogP contribution in [0.5, 0.6) is 0 Å². The van der Waals surface area contributed by atoms with Gasteiger partial charge in [-0.15, -0.1) is 0 Å². The van der Waals surface area contributed by atoms with E-state index in [0.717, 1.165) is 0 Å². The summed E-state index contributed by atoms with van der Waals surface area (Å²) < 4.78 is 2.71. The number of aromatic nitrogens is 1. The lowest BCUT2D eigenvalue weighted by Gasteiger charge is -2.42. The van der Waals surface area contributed by atoms with E-state index in [4.69, 9.17) is 0 Å². The van der Waals surface area contributed by atoms with E-state index in [1.54, 1.807) is 0 Å². The molecule has 10 aromatic rings. The maximum absolute atomic E-state index is 2.71. The number of benzene rings is 9. The number of rotatable bonds is 3. The lowest BCUT2D eigenvalue weighted by Crippen LogP contribution is -2.58. The minimum absolute atomic E-state index is 0.0315. The second kappa shape index (κ2) is 11.6. The Morgan fingerprint density at radius 2 is 0.949 bits per heavy atom. The molecule has 0 fully saturated rings. The van der Waals surface area contributed by atoms with Gasteiger partial charge in [-0.1, -0.05) is 170 Å². The van der Waals surface area contributed by atoms with Gasteiger partial charge in [0.25, 0.3) is 0 Å². The van der Waals surface area contributed by atoms with Gasteiger partial charge in [0.1, 0.15) is 0 Å². The molecule has 2 unspecified atom stereocenters. The van der Waals surface area contributed by atoms with Gasteiger partial charge in [0.15, 0.2) is 0 Å². The Morgan fingerprint density at radius 3 is 1.76 bits per heavy atom. The summed E-state index contributed by atoms with van der Waals surface area (Å²) in [5.74, 6) is 0.256. The van der Waals surface area contributed by atoms with Crippen LogP contribution in [0, 0.1) is 0 Å². The van der Waals surface area contributed by atoms with Gasteiger partial charge in [-0.2, -0.15) is 0 Å². The summed E-state index contributed by atoms with van der Waals surface area (Å²) in [7, 11) is 0. The summed E-state index contributed by atoms with van der Waals surface area (Å²) >= 11 is 0. The van der Waals surface area contributed by atoms with Crippen LogP contribution in [0.15, 0.2) is 200 Å². The molecule has 59 heavy (non-hydrogen) atoms. The molecule has 2 nitrogen and oxygen atoms in total. The molecule has 9 aromatic carbocycles. The molecular formula is C56H35BN2. The summed E-state index contributed by atoms with van der Waals surface area (Å²) in [6.07, 6.45) is 0. The number of para-hydroxylation sites is 2. The van der Waals surface area contributed by atoms with Crippen LogP contribution in [0.2, 0.25) is 0 Å². The van der Waals surface area contributed by atoms with Gasteiger partial charge in [-0.25, -0.2) is 0 Å². The minimum atomic E-state index is -0.0315. The van der Waals surface area contributed by atoms with Crippen LogP contribution in [0.3, 0.4) is 0 Å². The Labute approximate surface area is 343 Å². The molecule has 0 spiro atoms. The smallest absolute Gasteiger partial charge is 0.333 e. The molecule has 2 atom stereocenters. The third-order valence-electron chi connectivity index (χ3n) is 13.9. The zero-order valence-electron chi connectivity index (χ0n) is 32.2. The second-order valence-electron chi connectivity index (χ2n) is 16.7. The topological polar surface area (TPSA) is 8.17 Å². The summed E-state index contributed by atoms with van der Waals surface area (Å²) in [5.41, 5.74) is 25.2. The van der Waals surface area contributed by atoms with E-state index in [1.165, 1.54) is 117 Å². The van der Waals surface area contributed by atoms with Crippen molar-refractivity contribution in [3.63, 3.8) is 0 Å². The molecule has 272 valence electrons. The SMILES string of the molecule is c1ccc(C2c3ccccc3-c3ccc(N4c5cccc6c5B(c5c4ccc4c5C(c5ccccc5)c5ccccc5-4)n4c5ccccc5c5cccc-6c54)cc32)cc1. The van der Waals surface area contributed by atoms with Crippen LogP contribution in [-0.4, -0.2) is 11.3 Å². The van der Waals surface area contributed by atoms with Crippen molar-refractivity contribution in [3.8, 4) is 33.4 Å². The van der Waals surface area contributed by atoms with E-state index in [-0.39, 0.29) is 18.7 Å². The molecular weight excluding hydrogens is 711 g/mol. The number of nitrogens with zero attached hydrogens (tertiary/aromatic N) is 2. The Bertz CT molecular complexity index is 3420. The predicted molar refractivity (Wildman–Crippen MR) is 246 cm³/mol. The Kier molecular flexibility index (Phi) is 6.24. The van der Waals surface area contributed by atoms with Gasteiger partial charge in [-0.05, 0) is 102 Å². The zero-order chi connectivity index (χ0) is 38.3. The number of fused-ring (bicyclic) bond motifs is 14. The summed E-state index contributed by atoms with van der Waals surface area (Å²) in [6.45, 7) is -0.0315. The molecule has 1 aromatic heterocycles. The van der Waals surface area contributed by atoms with E-state index >= 15 is 0 Å². The Hall–Kier alpha value is -7.36. The van der Waals surface area contributed by atoms with Crippen molar-refractivity contribution in [1.82, 2.24) is 4.48 Å². The van der Waals surface area contributed by atoms with Crippen LogP contribution < -0.4 is 15.8 Å². The fraction of sp³-hybridized carbons (Fsp3) is 0.0357. The average molecular weight is 747 g/mol. The molecule has 14 rings (SSSR count). The molecule has 0 bridgehead atoms. The number of hydrogen-bond donors (Lipinski definition) is 0. The lowest BCUT2D eigenvalue weighted by molar-refractivity contribution is 1.01. The summed E-state index contributed by atoms with van der Waals surface area (Å²) in [4.78, 5) is 2.61. The van der Waals surface area contributed by atoms with Crippen LogP contribution in [0.25, 0.3) is 55.2 Å². The zero-order valence-corrected chi connectivity index (χ0v) is 32.2. The minimum Gasteiger partial charge on any atom is -0.375 e. The number of anilines is 3. The first-order valence-electron chi connectivity index (χ1n) is 20.9.